The van der Waals surface area contributed by atoms with Crippen molar-refractivity contribution in [3.8, 4) is 0 Å². The monoisotopic (exact) mass is 307 g/mol. The number of carbonyl (C=O) groups excluding carboxylic acids is 2. The van der Waals surface area contributed by atoms with Crippen LogP contribution in [0.5, 0.6) is 0 Å². The normalized spacial score (nSPS) is 10.2. The number of amides is 1. The van der Waals surface area contributed by atoms with Gasteiger partial charge in [-0.25, -0.2) is 14.6 Å². The summed E-state index contributed by atoms with van der Waals surface area (Å²) in [4.78, 5) is 38.9. The van der Waals surface area contributed by atoms with E-state index >= 15 is 0 Å². The number of thiophene rings is 1. The van der Waals surface area contributed by atoms with E-state index in [-0.39, 0.29) is 6.54 Å². The van der Waals surface area contributed by atoms with Crippen LogP contribution in [0.1, 0.15) is 15.2 Å². The van der Waals surface area contributed by atoms with Crippen molar-refractivity contribution >= 4 is 28.9 Å². The summed E-state index contributed by atoms with van der Waals surface area (Å²) < 4.78 is 5.84. The molecule has 2 rings (SSSR count). The van der Waals surface area contributed by atoms with Gasteiger partial charge in [-0.2, -0.15) is 0 Å². The third kappa shape index (κ3) is 3.34. The van der Waals surface area contributed by atoms with E-state index < -0.39 is 17.6 Å². The topological polar surface area (TPSA) is 90.3 Å². The second-order valence-electron chi connectivity index (χ2n) is 4.19. The number of hydrogen-bond acceptors (Lipinski definition) is 6. The summed E-state index contributed by atoms with van der Waals surface area (Å²) in [5.74, 6) is -0.932. The molecule has 0 fully saturated rings. The van der Waals surface area contributed by atoms with Crippen molar-refractivity contribution in [1.82, 2.24) is 9.55 Å². The summed E-state index contributed by atoms with van der Waals surface area (Å²) in [6.07, 6.45) is 2.83. The third-order valence-electron chi connectivity index (χ3n) is 2.71. The van der Waals surface area contributed by atoms with Crippen LogP contribution in [0.2, 0.25) is 0 Å². The van der Waals surface area contributed by atoms with E-state index in [9.17, 15) is 14.4 Å². The Hall–Kier alpha value is -2.48. The number of nitrogens with one attached hydrogen (secondary N) is 1. The van der Waals surface area contributed by atoms with E-state index in [4.69, 9.17) is 0 Å². The predicted octanol–water partition coefficient (Wildman–Crippen LogP) is 1.04. The molecule has 0 aliphatic heterocycles. The van der Waals surface area contributed by atoms with Gasteiger partial charge in [0.25, 0.3) is 0 Å². The number of carbonyl (C=O) groups is 2. The fourth-order valence-corrected chi connectivity index (χ4v) is 2.61. The van der Waals surface area contributed by atoms with Gasteiger partial charge in [-0.15, -0.1) is 11.3 Å². The fourth-order valence-electron chi connectivity index (χ4n) is 1.68. The first-order chi connectivity index (χ1) is 10.0. The van der Waals surface area contributed by atoms with E-state index in [0.29, 0.717) is 10.6 Å². The van der Waals surface area contributed by atoms with Crippen molar-refractivity contribution in [3.63, 3.8) is 0 Å². The summed E-state index contributed by atoms with van der Waals surface area (Å²) in [6.45, 7) is 1.59. The highest BCUT2D eigenvalue weighted by Gasteiger charge is 2.18. The van der Waals surface area contributed by atoms with Crippen molar-refractivity contribution in [3.05, 3.63) is 44.8 Å². The van der Waals surface area contributed by atoms with Gasteiger partial charge in [-0.1, -0.05) is 0 Å². The van der Waals surface area contributed by atoms with Crippen molar-refractivity contribution < 1.29 is 14.3 Å². The van der Waals surface area contributed by atoms with Gasteiger partial charge in [0.05, 0.1) is 12.8 Å². The van der Waals surface area contributed by atoms with Gasteiger partial charge in [-0.05, 0) is 23.9 Å². The minimum atomic E-state index is -0.512. The number of ether oxygens (including phenoxy) is 1. The second-order valence-corrected chi connectivity index (χ2v) is 5.07. The second kappa shape index (κ2) is 6.31. The molecule has 0 spiro atoms. The van der Waals surface area contributed by atoms with E-state index in [0.717, 1.165) is 5.56 Å². The van der Waals surface area contributed by atoms with Crippen molar-refractivity contribution in [2.45, 2.75) is 13.5 Å². The summed E-state index contributed by atoms with van der Waals surface area (Å²) in [5.41, 5.74) is 0.656. The van der Waals surface area contributed by atoms with Crippen LogP contribution in [0, 0.1) is 6.92 Å². The van der Waals surface area contributed by atoms with Crippen LogP contribution in [-0.2, 0) is 16.1 Å². The lowest BCUT2D eigenvalue weighted by atomic mass is 10.2. The summed E-state index contributed by atoms with van der Waals surface area (Å²) >= 11 is 1.19. The number of rotatable bonds is 4. The number of hydrogen-bond donors (Lipinski definition) is 1. The van der Waals surface area contributed by atoms with Crippen LogP contribution in [0.15, 0.2) is 28.6 Å². The lowest BCUT2D eigenvalue weighted by Crippen LogP contribution is -2.28. The molecule has 0 radical (unpaired) electrons. The lowest BCUT2D eigenvalue weighted by Gasteiger charge is -2.08. The Bertz CT molecular complexity index is 735. The average Bonchev–Trinajstić information content (AvgIpc) is 2.82. The Morgan fingerprint density at radius 1 is 1.48 bits per heavy atom. The first kappa shape index (κ1) is 14.9. The molecule has 2 aromatic heterocycles. The smallest absolute Gasteiger partial charge is 0.350 e. The van der Waals surface area contributed by atoms with Crippen molar-refractivity contribution in [2.24, 2.45) is 0 Å². The predicted molar refractivity (Wildman–Crippen MR) is 77.5 cm³/mol. The van der Waals surface area contributed by atoms with E-state index in [1.54, 1.807) is 18.4 Å². The molecule has 21 heavy (non-hydrogen) atoms. The standard InChI is InChI=1S/C13H13N3O4S/c1-8-7-21-11(12(18)20-2)10(8)15-9(17)6-16-5-3-4-14-13(16)19/h3-5,7H,6H2,1-2H3,(H,15,17). The Balaban J connectivity index is 2.17. The maximum atomic E-state index is 12.0. The van der Waals surface area contributed by atoms with Gasteiger partial charge in [0.2, 0.25) is 5.91 Å². The average molecular weight is 307 g/mol. The van der Waals surface area contributed by atoms with Crippen LogP contribution in [0.25, 0.3) is 0 Å². The Kier molecular flexibility index (Phi) is 4.49. The van der Waals surface area contributed by atoms with Gasteiger partial charge < -0.3 is 10.1 Å². The third-order valence-corrected chi connectivity index (χ3v) is 3.78. The zero-order chi connectivity index (χ0) is 15.4. The molecule has 1 N–H and O–H groups in total. The highest BCUT2D eigenvalue weighted by Crippen LogP contribution is 2.28. The molecule has 8 heteroatoms. The van der Waals surface area contributed by atoms with Crippen LogP contribution >= 0.6 is 11.3 Å². The molecule has 2 heterocycles. The van der Waals surface area contributed by atoms with E-state index in [1.807, 2.05) is 0 Å². The van der Waals surface area contributed by atoms with Crippen LogP contribution in [0.4, 0.5) is 5.69 Å². The number of aromatic nitrogens is 2. The number of aryl methyl sites for hydroxylation is 1. The van der Waals surface area contributed by atoms with E-state index in [1.165, 1.54) is 35.4 Å². The molecule has 0 saturated heterocycles. The quantitative estimate of drug-likeness (QED) is 0.852. The molecule has 1 amide bonds. The van der Waals surface area contributed by atoms with Crippen LogP contribution in [-0.4, -0.2) is 28.5 Å². The first-order valence-electron chi connectivity index (χ1n) is 6.00. The Labute approximate surface area is 124 Å². The molecule has 0 bridgehead atoms. The summed E-state index contributed by atoms with van der Waals surface area (Å²) in [7, 11) is 1.28. The maximum absolute atomic E-state index is 12.0. The minimum absolute atomic E-state index is 0.178. The molecule has 110 valence electrons. The minimum Gasteiger partial charge on any atom is -0.465 e. The van der Waals surface area contributed by atoms with Gasteiger partial charge >= 0.3 is 11.7 Å². The van der Waals surface area contributed by atoms with Gasteiger partial charge in [0, 0.05) is 12.4 Å². The summed E-state index contributed by atoms with van der Waals surface area (Å²) in [6, 6.07) is 1.56. The lowest BCUT2D eigenvalue weighted by molar-refractivity contribution is -0.116. The van der Waals surface area contributed by atoms with Crippen LogP contribution < -0.4 is 11.0 Å². The number of esters is 1. The molecular formula is C13H13N3O4S. The largest absolute Gasteiger partial charge is 0.465 e. The van der Waals surface area contributed by atoms with Gasteiger partial charge in [0.15, 0.2) is 0 Å². The molecular weight excluding hydrogens is 294 g/mol. The molecule has 0 aromatic carbocycles. The van der Waals surface area contributed by atoms with E-state index in [2.05, 4.69) is 15.0 Å². The van der Waals surface area contributed by atoms with Crippen molar-refractivity contribution in [2.75, 3.05) is 12.4 Å². The van der Waals surface area contributed by atoms with Crippen molar-refractivity contribution in [1.29, 1.82) is 0 Å². The number of nitrogens with zero attached hydrogens (tertiary/aromatic N) is 2. The zero-order valence-corrected chi connectivity index (χ0v) is 12.3. The highest BCUT2D eigenvalue weighted by atomic mass is 32.1. The zero-order valence-electron chi connectivity index (χ0n) is 11.5. The molecule has 2 aromatic rings. The molecule has 0 aliphatic carbocycles. The highest BCUT2D eigenvalue weighted by molar-refractivity contribution is 7.12. The van der Waals surface area contributed by atoms with Crippen LogP contribution in [0.3, 0.4) is 0 Å². The molecule has 0 aliphatic rings. The molecule has 0 atom stereocenters. The van der Waals surface area contributed by atoms with Gasteiger partial charge in [-0.3, -0.25) is 9.36 Å². The maximum Gasteiger partial charge on any atom is 0.350 e. The molecule has 0 unspecified atom stereocenters. The SMILES string of the molecule is COC(=O)c1scc(C)c1NC(=O)Cn1cccnc1=O. The number of methoxy groups -OCH3 is 1. The Morgan fingerprint density at radius 2 is 2.24 bits per heavy atom. The number of anilines is 1. The van der Waals surface area contributed by atoms with Gasteiger partial charge in [0.1, 0.15) is 11.4 Å². The summed E-state index contributed by atoms with van der Waals surface area (Å²) in [5, 5.41) is 4.38. The Morgan fingerprint density at radius 3 is 2.90 bits per heavy atom. The first-order valence-corrected chi connectivity index (χ1v) is 6.88. The molecule has 0 saturated carbocycles. The molecule has 7 nitrogen and oxygen atoms in total. The fraction of sp³-hybridized carbons (Fsp3) is 0.231.